The number of aromatic nitrogens is 4. The Bertz CT molecular complexity index is 1120. The number of halogens is 5. The molecule has 0 saturated carbocycles. The van der Waals surface area contributed by atoms with Crippen molar-refractivity contribution in [3.63, 3.8) is 0 Å². The number of alkyl halides is 5. The van der Waals surface area contributed by atoms with Crippen LogP contribution in [0.25, 0.3) is 16.8 Å². The molecule has 4 rings (SSSR count). The molecule has 0 aliphatic carbocycles. The van der Waals surface area contributed by atoms with E-state index in [2.05, 4.69) is 30.2 Å². The molecular formula is C20H21F5N6O. The zero-order chi connectivity index (χ0) is 23.0. The molecule has 1 N–H and O–H groups in total. The lowest BCUT2D eigenvalue weighted by Crippen LogP contribution is -2.40. The summed E-state index contributed by atoms with van der Waals surface area (Å²) in [6.07, 6.45) is -2.77. The Labute approximate surface area is 180 Å². The first kappa shape index (κ1) is 22.2. The van der Waals surface area contributed by atoms with Gasteiger partial charge in [-0.15, -0.1) is 10.2 Å². The van der Waals surface area contributed by atoms with Gasteiger partial charge in [0.25, 0.3) is 0 Å². The first-order valence-electron chi connectivity index (χ1n) is 9.96. The van der Waals surface area contributed by atoms with Crippen molar-refractivity contribution in [2.24, 2.45) is 0 Å². The van der Waals surface area contributed by atoms with Crippen molar-refractivity contribution < 1.29 is 26.7 Å². The smallest absolute Gasteiger partial charge is 0.416 e. The summed E-state index contributed by atoms with van der Waals surface area (Å²) in [4.78, 5) is 2.19. The first-order valence-corrected chi connectivity index (χ1v) is 9.96. The highest BCUT2D eigenvalue weighted by molar-refractivity contribution is 5.81. The van der Waals surface area contributed by atoms with Crippen LogP contribution in [-0.4, -0.2) is 57.5 Å². The molecule has 1 aliphatic rings. The predicted octanol–water partition coefficient (Wildman–Crippen LogP) is 4.23. The van der Waals surface area contributed by atoms with Gasteiger partial charge in [0.05, 0.1) is 16.8 Å². The van der Waals surface area contributed by atoms with Gasteiger partial charge in [0, 0.05) is 18.2 Å². The number of piperidine rings is 1. The molecule has 0 radical (unpaired) electrons. The summed E-state index contributed by atoms with van der Waals surface area (Å²) in [5.74, 6) is -0.278. The molecule has 0 unspecified atom stereocenters. The summed E-state index contributed by atoms with van der Waals surface area (Å²) in [7, 11) is 2.02. The Balaban J connectivity index is 1.78. The molecule has 1 aromatic carbocycles. The zero-order valence-electron chi connectivity index (χ0n) is 17.3. The Morgan fingerprint density at radius 1 is 1.19 bits per heavy atom. The van der Waals surface area contributed by atoms with Crippen molar-refractivity contribution in [3.8, 4) is 17.0 Å². The molecule has 12 heteroatoms. The standard InChI is InChI=1S/C20H21F5N6O/c1-11-8-15-17(14-6-5-12(20(23,24)25)9-16(14)32-18(21)22)27-28-19(31(15)29-11)26-13-4-3-7-30(2)10-13/h5-6,8-9,13,18H,3-4,7,10H2,1-2H3,(H,26,28)/t13-/m1/s1. The second kappa shape index (κ2) is 8.49. The van der Waals surface area contributed by atoms with Crippen LogP contribution in [0.1, 0.15) is 24.1 Å². The van der Waals surface area contributed by atoms with Crippen LogP contribution in [0.5, 0.6) is 5.75 Å². The highest BCUT2D eigenvalue weighted by Crippen LogP contribution is 2.38. The maximum Gasteiger partial charge on any atom is 0.416 e. The molecule has 172 valence electrons. The second-order valence-electron chi connectivity index (χ2n) is 7.79. The average molecular weight is 456 g/mol. The van der Waals surface area contributed by atoms with E-state index in [4.69, 9.17) is 0 Å². The van der Waals surface area contributed by atoms with Gasteiger partial charge in [0.1, 0.15) is 11.4 Å². The van der Waals surface area contributed by atoms with E-state index in [0.717, 1.165) is 38.1 Å². The fraction of sp³-hybridized carbons (Fsp3) is 0.450. The number of likely N-dealkylation sites (N-methyl/N-ethyl adjacent to an activating group) is 1. The maximum absolute atomic E-state index is 13.1. The fourth-order valence-corrected chi connectivity index (χ4v) is 3.86. The van der Waals surface area contributed by atoms with Crippen LogP contribution < -0.4 is 10.1 Å². The molecule has 1 fully saturated rings. The van der Waals surface area contributed by atoms with E-state index in [1.807, 2.05) is 7.05 Å². The summed E-state index contributed by atoms with van der Waals surface area (Å²) >= 11 is 0. The lowest BCUT2D eigenvalue weighted by Gasteiger charge is -2.30. The van der Waals surface area contributed by atoms with Crippen LogP contribution >= 0.6 is 0 Å². The van der Waals surface area contributed by atoms with Crippen molar-refractivity contribution in [2.45, 2.75) is 38.6 Å². The van der Waals surface area contributed by atoms with Gasteiger partial charge in [0.15, 0.2) is 0 Å². The quantitative estimate of drug-likeness (QED) is 0.580. The van der Waals surface area contributed by atoms with Gasteiger partial charge in [0.2, 0.25) is 5.95 Å². The summed E-state index contributed by atoms with van der Waals surface area (Å²) in [5, 5.41) is 16.0. The van der Waals surface area contributed by atoms with E-state index < -0.39 is 24.1 Å². The Morgan fingerprint density at radius 2 is 1.97 bits per heavy atom. The molecule has 2 aromatic heterocycles. The third-order valence-corrected chi connectivity index (χ3v) is 5.26. The van der Waals surface area contributed by atoms with E-state index in [1.165, 1.54) is 4.52 Å². The summed E-state index contributed by atoms with van der Waals surface area (Å²) in [5.41, 5.74) is -0.0534. The van der Waals surface area contributed by atoms with Gasteiger partial charge >= 0.3 is 12.8 Å². The number of hydrogen-bond donors (Lipinski definition) is 1. The van der Waals surface area contributed by atoms with Crippen LogP contribution in [0.4, 0.5) is 27.9 Å². The monoisotopic (exact) mass is 456 g/mol. The number of hydrogen-bond acceptors (Lipinski definition) is 6. The molecule has 0 bridgehead atoms. The van der Waals surface area contributed by atoms with Crippen LogP contribution in [0, 0.1) is 6.92 Å². The maximum atomic E-state index is 13.1. The minimum Gasteiger partial charge on any atom is -0.434 e. The highest BCUT2D eigenvalue weighted by Gasteiger charge is 2.32. The third-order valence-electron chi connectivity index (χ3n) is 5.26. The van der Waals surface area contributed by atoms with Gasteiger partial charge < -0.3 is 15.0 Å². The number of benzene rings is 1. The Hall–Kier alpha value is -3.02. The van der Waals surface area contributed by atoms with Crippen LogP contribution in [0.15, 0.2) is 24.3 Å². The fourth-order valence-electron chi connectivity index (χ4n) is 3.86. The largest absolute Gasteiger partial charge is 0.434 e. The van der Waals surface area contributed by atoms with Crippen LogP contribution in [-0.2, 0) is 6.18 Å². The number of ether oxygens (including phenoxy) is 1. The molecule has 3 heterocycles. The molecule has 7 nitrogen and oxygen atoms in total. The van der Waals surface area contributed by atoms with Gasteiger partial charge in [-0.2, -0.15) is 31.6 Å². The summed E-state index contributed by atoms with van der Waals surface area (Å²) in [6.45, 7) is 0.228. The molecule has 1 saturated heterocycles. The first-order chi connectivity index (χ1) is 15.1. The number of likely N-dealkylation sites (tertiary alicyclic amines) is 1. The average Bonchev–Trinajstić information content (AvgIpc) is 3.09. The van der Waals surface area contributed by atoms with Crippen molar-refractivity contribution in [2.75, 3.05) is 25.5 Å². The van der Waals surface area contributed by atoms with Crippen molar-refractivity contribution in [3.05, 3.63) is 35.5 Å². The van der Waals surface area contributed by atoms with E-state index in [1.54, 1.807) is 13.0 Å². The number of aryl methyl sites for hydroxylation is 1. The highest BCUT2D eigenvalue weighted by atomic mass is 19.4. The molecular weight excluding hydrogens is 435 g/mol. The van der Waals surface area contributed by atoms with Crippen molar-refractivity contribution >= 4 is 11.5 Å². The summed E-state index contributed by atoms with van der Waals surface area (Å²) in [6, 6.07) is 4.15. The van der Waals surface area contributed by atoms with E-state index in [0.29, 0.717) is 23.2 Å². The van der Waals surface area contributed by atoms with Crippen LogP contribution in [0.2, 0.25) is 0 Å². The van der Waals surface area contributed by atoms with Crippen LogP contribution in [0.3, 0.4) is 0 Å². The SMILES string of the molecule is Cc1cc2c(-c3ccc(C(F)(F)F)cc3OC(F)F)nnc(N[C@@H]3CCCN(C)C3)n2n1. The normalized spacial score (nSPS) is 17.8. The molecule has 3 aromatic rings. The Morgan fingerprint density at radius 3 is 2.66 bits per heavy atom. The summed E-state index contributed by atoms with van der Waals surface area (Å²) < 4.78 is 71.1. The topological polar surface area (TPSA) is 67.6 Å². The number of rotatable bonds is 5. The zero-order valence-corrected chi connectivity index (χ0v) is 17.3. The van der Waals surface area contributed by atoms with E-state index in [-0.39, 0.29) is 17.3 Å². The lowest BCUT2D eigenvalue weighted by atomic mass is 10.1. The molecule has 0 amide bonds. The van der Waals surface area contributed by atoms with E-state index >= 15 is 0 Å². The van der Waals surface area contributed by atoms with Gasteiger partial charge in [-0.3, -0.25) is 0 Å². The predicted molar refractivity (Wildman–Crippen MR) is 107 cm³/mol. The number of nitrogens with one attached hydrogen (secondary N) is 1. The number of anilines is 1. The minimum atomic E-state index is -4.71. The molecule has 1 aliphatic heterocycles. The Kier molecular flexibility index (Phi) is 5.89. The van der Waals surface area contributed by atoms with Gasteiger partial charge in [-0.25, -0.2) is 0 Å². The molecule has 0 spiro atoms. The lowest BCUT2D eigenvalue weighted by molar-refractivity contribution is -0.138. The van der Waals surface area contributed by atoms with Gasteiger partial charge in [-0.1, -0.05) is 0 Å². The van der Waals surface area contributed by atoms with E-state index in [9.17, 15) is 22.0 Å². The van der Waals surface area contributed by atoms with Gasteiger partial charge in [-0.05, 0) is 57.6 Å². The van der Waals surface area contributed by atoms with Crippen molar-refractivity contribution in [1.29, 1.82) is 0 Å². The minimum absolute atomic E-state index is 0.0420. The van der Waals surface area contributed by atoms with Crippen molar-refractivity contribution in [1.82, 2.24) is 24.7 Å². The molecule has 1 atom stereocenters. The second-order valence-corrected chi connectivity index (χ2v) is 7.79. The third kappa shape index (κ3) is 4.59. The number of fused-ring (bicyclic) bond motifs is 1. The molecule has 32 heavy (non-hydrogen) atoms. The number of nitrogens with zero attached hydrogens (tertiary/aromatic N) is 5.